The van der Waals surface area contributed by atoms with Gasteiger partial charge in [-0.1, -0.05) is 23.7 Å². The molecular weight excluding hydrogens is 222 g/mol. The lowest BCUT2D eigenvalue weighted by molar-refractivity contribution is 0.0992. The van der Waals surface area contributed by atoms with Gasteiger partial charge in [0.25, 0.3) is 0 Å². The molecule has 0 fully saturated rings. The van der Waals surface area contributed by atoms with Gasteiger partial charge in [-0.05, 0) is 29.8 Å². The summed E-state index contributed by atoms with van der Waals surface area (Å²) in [6, 6.07) is 5.85. The standard InChI is InChI=1S/C13H10ClNO/c14-12-5-1-3-10(7-12)8-13(16)11-4-2-6-15-9-11/h1-7,9H,8H2/i2D,4D,6D,9D. The van der Waals surface area contributed by atoms with Crippen LogP contribution >= 0.6 is 11.6 Å². The lowest BCUT2D eigenvalue weighted by Gasteiger charge is -2.01. The lowest BCUT2D eigenvalue weighted by atomic mass is 10.0. The maximum absolute atomic E-state index is 12.2. The van der Waals surface area contributed by atoms with Gasteiger partial charge < -0.3 is 0 Å². The summed E-state index contributed by atoms with van der Waals surface area (Å²) in [6.45, 7) is 0. The monoisotopic (exact) mass is 235 g/mol. The van der Waals surface area contributed by atoms with Crippen LogP contribution < -0.4 is 0 Å². The number of rotatable bonds is 3. The summed E-state index contributed by atoms with van der Waals surface area (Å²) in [5, 5.41) is 0.494. The van der Waals surface area contributed by atoms with Crippen LogP contribution in [-0.2, 0) is 6.42 Å². The summed E-state index contributed by atoms with van der Waals surface area (Å²) in [7, 11) is 0. The Hall–Kier alpha value is -1.67. The molecular formula is C13H10ClNO. The first-order chi connectivity index (χ1) is 9.40. The molecule has 1 aromatic heterocycles. The number of halogens is 1. The molecule has 16 heavy (non-hydrogen) atoms. The number of nitrogens with zero attached hydrogens (tertiary/aromatic N) is 1. The van der Waals surface area contributed by atoms with Crippen molar-refractivity contribution < 1.29 is 10.3 Å². The number of carbonyl (C=O) groups is 1. The van der Waals surface area contributed by atoms with Gasteiger partial charge in [-0.2, -0.15) is 0 Å². The Labute approximate surface area is 105 Å². The van der Waals surface area contributed by atoms with E-state index in [-0.39, 0.29) is 12.0 Å². The minimum absolute atomic E-state index is 0.0310. The molecule has 0 radical (unpaired) electrons. The van der Waals surface area contributed by atoms with Crippen LogP contribution in [0.5, 0.6) is 0 Å². The molecule has 1 aromatic carbocycles. The number of hydrogen-bond donors (Lipinski definition) is 0. The van der Waals surface area contributed by atoms with Crippen molar-refractivity contribution in [1.82, 2.24) is 4.98 Å². The maximum Gasteiger partial charge on any atom is 0.168 e. The highest BCUT2D eigenvalue weighted by molar-refractivity contribution is 6.30. The Morgan fingerprint density at radius 2 is 2.38 bits per heavy atom. The van der Waals surface area contributed by atoms with Gasteiger partial charge in [0.15, 0.2) is 5.78 Å². The van der Waals surface area contributed by atoms with E-state index in [1.54, 1.807) is 24.3 Å². The molecule has 2 aromatic rings. The summed E-state index contributed by atoms with van der Waals surface area (Å²) in [5.74, 6) is -0.483. The molecule has 0 saturated carbocycles. The van der Waals surface area contributed by atoms with E-state index in [1.165, 1.54) is 0 Å². The zero-order chi connectivity index (χ0) is 14.9. The van der Waals surface area contributed by atoms with Gasteiger partial charge >= 0.3 is 0 Å². The number of ketones is 1. The second-order valence-corrected chi connectivity index (χ2v) is 3.63. The van der Waals surface area contributed by atoms with Crippen molar-refractivity contribution in [1.29, 1.82) is 0 Å². The molecule has 2 rings (SSSR count). The highest BCUT2D eigenvalue weighted by Crippen LogP contribution is 2.12. The number of benzene rings is 1. The normalized spacial score (nSPS) is 13.6. The van der Waals surface area contributed by atoms with E-state index >= 15 is 0 Å². The van der Waals surface area contributed by atoms with Crippen molar-refractivity contribution >= 4 is 17.4 Å². The third-order valence-corrected chi connectivity index (χ3v) is 2.23. The van der Waals surface area contributed by atoms with Crippen molar-refractivity contribution in [2.75, 3.05) is 0 Å². The predicted molar refractivity (Wildman–Crippen MR) is 63.7 cm³/mol. The molecule has 0 aliphatic heterocycles. The van der Waals surface area contributed by atoms with Crippen LogP contribution in [-0.4, -0.2) is 10.8 Å². The number of hydrogen-bond acceptors (Lipinski definition) is 2. The van der Waals surface area contributed by atoms with E-state index in [1.807, 2.05) is 0 Å². The molecule has 1 heterocycles. The minimum atomic E-state index is -0.483. The fraction of sp³-hybridized carbons (Fsp3) is 0.0769. The maximum atomic E-state index is 12.2. The average Bonchev–Trinajstić information content (AvgIpc) is 2.36. The molecule has 2 nitrogen and oxygen atoms in total. The van der Waals surface area contributed by atoms with Crippen LogP contribution in [0.25, 0.3) is 0 Å². The fourth-order valence-corrected chi connectivity index (χ4v) is 1.50. The van der Waals surface area contributed by atoms with Crippen molar-refractivity contribution in [3.63, 3.8) is 0 Å². The molecule has 0 N–H and O–H groups in total. The number of Topliss-reactive ketones (excluding diaryl/α,β-unsaturated/α-hetero) is 1. The van der Waals surface area contributed by atoms with Crippen LogP contribution in [0.15, 0.2) is 48.7 Å². The largest absolute Gasteiger partial charge is 0.294 e. The molecule has 0 aliphatic rings. The van der Waals surface area contributed by atoms with Crippen LogP contribution in [0.1, 0.15) is 21.4 Å². The average molecular weight is 236 g/mol. The number of aromatic nitrogens is 1. The molecule has 3 heteroatoms. The molecule has 0 unspecified atom stereocenters. The Bertz CT molecular complexity index is 690. The van der Waals surface area contributed by atoms with Gasteiger partial charge in [0, 0.05) is 29.4 Å². The Kier molecular flexibility index (Phi) is 2.09. The highest BCUT2D eigenvalue weighted by atomic mass is 35.5. The lowest BCUT2D eigenvalue weighted by Crippen LogP contribution is -2.03. The number of carbonyl (C=O) groups excluding carboxylic acids is 1. The smallest absolute Gasteiger partial charge is 0.168 e. The predicted octanol–water partition coefficient (Wildman–Crippen LogP) is 3.16. The van der Waals surface area contributed by atoms with E-state index in [0.717, 1.165) is 0 Å². The van der Waals surface area contributed by atoms with Gasteiger partial charge in [-0.3, -0.25) is 9.78 Å². The molecule has 0 atom stereocenters. The van der Waals surface area contributed by atoms with Gasteiger partial charge in [-0.25, -0.2) is 0 Å². The van der Waals surface area contributed by atoms with Gasteiger partial charge in [0.2, 0.25) is 0 Å². The van der Waals surface area contributed by atoms with Gasteiger partial charge in [-0.15, -0.1) is 0 Å². The summed E-state index contributed by atoms with van der Waals surface area (Å²) in [6.07, 6.45) is -0.945. The summed E-state index contributed by atoms with van der Waals surface area (Å²) >= 11 is 5.83. The van der Waals surface area contributed by atoms with Crippen molar-refractivity contribution in [2.24, 2.45) is 0 Å². The Morgan fingerprint density at radius 1 is 1.50 bits per heavy atom. The van der Waals surface area contributed by atoms with E-state index in [4.69, 9.17) is 17.1 Å². The first-order valence-corrected chi connectivity index (χ1v) is 5.00. The van der Waals surface area contributed by atoms with E-state index in [0.29, 0.717) is 10.6 Å². The van der Waals surface area contributed by atoms with E-state index in [2.05, 4.69) is 4.98 Å². The minimum Gasteiger partial charge on any atom is -0.294 e. The molecule has 0 amide bonds. The Morgan fingerprint density at radius 3 is 3.19 bits per heavy atom. The van der Waals surface area contributed by atoms with Gasteiger partial charge in [0.1, 0.15) is 0 Å². The van der Waals surface area contributed by atoms with Crippen LogP contribution in [0, 0.1) is 0 Å². The third kappa shape index (κ3) is 2.67. The summed E-state index contributed by atoms with van der Waals surface area (Å²) in [5.41, 5.74) is 0.425. The topological polar surface area (TPSA) is 30.0 Å². The zero-order valence-electron chi connectivity index (χ0n) is 12.2. The summed E-state index contributed by atoms with van der Waals surface area (Å²) < 4.78 is 30.1. The van der Waals surface area contributed by atoms with E-state index < -0.39 is 30.2 Å². The highest BCUT2D eigenvalue weighted by Gasteiger charge is 2.06. The quantitative estimate of drug-likeness (QED) is 0.765. The molecule has 0 aliphatic carbocycles. The first-order valence-electron chi connectivity index (χ1n) is 6.62. The van der Waals surface area contributed by atoms with Crippen molar-refractivity contribution in [2.45, 2.75) is 6.42 Å². The SMILES string of the molecule is [2H]c1nc([2H])c(C(=O)Cc2cccc(Cl)c2)c([2H])c1[2H]. The molecule has 80 valence electrons. The molecule has 0 bridgehead atoms. The van der Waals surface area contributed by atoms with E-state index in [9.17, 15) is 4.79 Å². The third-order valence-electron chi connectivity index (χ3n) is 2.00. The first kappa shape index (κ1) is 6.81. The number of pyridine rings is 1. The second kappa shape index (κ2) is 4.90. The molecule has 0 spiro atoms. The van der Waals surface area contributed by atoms with Crippen LogP contribution in [0.3, 0.4) is 0 Å². The summed E-state index contributed by atoms with van der Waals surface area (Å²) in [4.78, 5) is 15.7. The fourth-order valence-electron chi connectivity index (χ4n) is 1.28. The van der Waals surface area contributed by atoms with Crippen LogP contribution in [0.2, 0.25) is 5.02 Å². The molecule has 0 saturated heterocycles. The Balaban J connectivity index is 2.37. The van der Waals surface area contributed by atoms with Gasteiger partial charge in [0.05, 0.1) is 5.48 Å². The zero-order valence-corrected chi connectivity index (χ0v) is 9.01. The second-order valence-electron chi connectivity index (χ2n) is 3.19. The van der Waals surface area contributed by atoms with Crippen LogP contribution in [0.4, 0.5) is 0 Å². The van der Waals surface area contributed by atoms with Crippen molar-refractivity contribution in [3.8, 4) is 0 Å². The van der Waals surface area contributed by atoms with Crippen molar-refractivity contribution in [3.05, 3.63) is 64.8 Å².